The van der Waals surface area contributed by atoms with Crippen LogP contribution >= 0.6 is 11.6 Å². The molecule has 0 aliphatic heterocycles. The minimum Gasteiger partial charge on any atom is -0.439 e. The summed E-state index contributed by atoms with van der Waals surface area (Å²) >= 11 is 5.60. The highest BCUT2D eigenvalue weighted by Crippen LogP contribution is 2.36. The molecule has 4 rings (SSSR count). The maximum atomic E-state index is 13.0. The number of urea groups is 1. The number of halogens is 4. The van der Waals surface area contributed by atoms with E-state index >= 15 is 0 Å². The van der Waals surface area contributed by atoms with Gasteiger partial charge in [-0.05, 0) is 30.3 Å². The second-order valence-electron chi connectivity index (χ2n) is 6.85. The summed E-state index contributed by atoms with van der Waals surface area (Å²) in [5.74, 6) is 1.11. The smallest absolute Gasteiger partial charge is 0.417 e. The van der Waals surface area contributed by atoms with Gasteiger partial charge in [-0.1, -0.05) is 17.7 Å². The number of carbonyl (C=O) groups is 1. The van der Waals surface area contributed by atoms with Gasteiger partial charge in [0.05, 0.1) is 10.6 Å². The molecular formula is C21H15ClF3N7O2. The number of aromatic nitrogens is 5. The van der Waals surface area contributed by atoms with Crippen molar-refractivity contribution < 1.29 is 22.7 Å². The van der Waals surface area contributed by atoms with E-state index in [2.05, 4.69) is 30.7 Å². The normalized spacial score (nSPS) is 11.2. The Labute approximate surface area is 195 Å². The fraction of sp³-hybridized carbons (Fsp3) is 0.0952. The molecular weight excluding hydrogens is 475 g/mol. The van der Waals surface area contributed by atoms with Crippen LogP contribution in [0.3, 0.4) is 0 Å². The number of carbonyl (C=O) groups excluding carboxylic acids is 1. The van der Waals surface area contributed by atoms with E-state index in [9.17, 15) is 18.0 Å². The number of amides is 2. The molecule has 2 heterocycles. The molecule has 13 heteroatoms. The number of nitrogens with one attached hydrogen (secondary N) is 2. The van der Waals surface area contributed by atoms with Crippen LogP contribution in [0.1, 0.15) is 5.56 Å². The Kier molecular flexibility index (Phi) is 6.32. The largest absolute Gasteiger partial charge is 0.439 e. The molecule has 0 aliphatic carbocycles. The number of nitrogens with zero attached hydrogens (tertiary/aromatic N) is 5. The van der Waals surface area contributed by atoms with Crippen LogP contribution in [0.15, 0.2) is 61.2 Å². The Morgan fingerprint density at radius 2 is 1.76 bits per heavy atom. The molecule has 0 bridgehead atoms. The number of hydrogen-bond acceptors (Lipinski definition) is 6. The number of alkyl halides is 3. The first-order valence-electron chi connectivity index (χ1n) is 9.58. The van der Waals surface area contributed by atoms with Gasteiger partial charge in [-0.15, -0.1) is 0 Å². The van der Waals surface area contributed by atoms with Crippen molar-refractivity contribution in [2.75, 3.05) is 10.6 Å². The Hall–Kier alpha value is -4.19. The summed E-state index contributed by atoms with van der Waals surface area (Å²) in [4.78, 5) is 24.6. The lowest BCUT2D eigenvalue weighted by atomic mass is 10.2. The molecule has 34 heavy (non-hydrogen) atoms. The van der Waals surface area contributed by atoms with Crippen LogP contribution in [0, 0.1) is 0 Å². The van der Waals surface area contributed by atoms with Crippen LogP contribution in [-0.4, -0.2) is 30.8 Å². The molecule has 0 saturated carbocycles. The molecule has 0 spiro atoms. The number of aryl methyl sites for hydroxylation is 1. The quantitative estimate of drug-likeness (QED) is 0.390. The zero-order valence-electron chi connectivity index (χ0n) is 17.3. The van der Waals surface area contributed by atoms with Gasteiger partial charge in [0.1, 0.15) is 24.1 Å². The third-order valence-corrected chi connectivity index (χ3v) is 4.76. The van der Waals surface area contributed by atoms with E-state index in [1.54, 1.807) is 36.0 Å². The van der Waals surface area contributed by atoms with Gasteiger partial charge < -0.3 is 15.4 Å². The lowest BCUT2D eigenvalue weighted by molar-refractivity contribution is -0.137. The first kappa shape index (κ1) is 23.0. The van der Waals surface area contributed by atoms with E-state index in [0.717, 1.165) is 12.1 Å². The molecule has 0 fully saturated rings. The van der Waals surface area contributed by atoms with Crippen molar-refractivity contribution in [3.05, 3.63) is 71.8 Å². The molecule has 0 unspecified atom stereocenters. The number of rotatable bonds is 5. The minimum absolute atomic E-state index is 0.0704. The maximum absolute atomic E-state index is 13.0. The summed E-state index contributed by atoms with van der Waals surface area (Å²) in [5, 5.41) is 8.40. The van der Waals surface area contributed by atoms with Crippen molar-refractivity contribution in [2.45, 2.75) is 6.18 Å². The van der Waals surface area contributed by atoms with Crippen molar-refractivity contribution in [1.29, 1.82) is 0 Å². The van der Waals surface area contributed by atoms with E-state index in [1.165, 1.54) is 24.8 Å². The van der Waals surface area contributed by atoms with E-state index in [-0.39, 0.29) is 11.6 Å². The van der Waals surface area contributed by atoms with Gasteiger partial charge in [-0.3, -0.25) is 0 Å². The van der Waals surface area contributed by atoms with Crippen LogP contribution in [0.25, 0.3) is 11.5 Å². The minimum atomic E-state index is -4.65. The highest BCUT2D eigenvalue weighted by Gasteiger charge is 2.33. The average molecular weight is 490 g/mol. The van der Waals surface area contributed by atoms with E-state index < -0.39 is 22.8 Å². The second-order valence-corrected chi connectivity index (χ2v) is 7.26. The SMILES string of the molecule is Cn1ncnc1-c1cc(Oc2cccc(NC(=O)Nc3ccc(Cl)c(C(F)(F)F)c3)c2)ncn1. The Morgan fingerprint density at radius 1 is 1.00 bits per heavy atom. The van der Waals surface area contributed by atoms with Gasteiger partial charge >= 0.3 is 12.2 Å². The molecule has 4 aromatic rings. The molecule has 0 atom stereocenters. The second kappa shape index (κ2) is 9.35. The van der Waals surface area contributed by atoms with Crippen molar-refractivity contribution in [1.82, 2.24) is 24.7 Å². The van der Waals surface area contributed by atoms with Crippen LogP contribution in [0.2, 0.25) is 5.02 Å². The Balaban J connectivity index is 1.44. The van der Waals surface area contributed by atoms with Crippen molar-refractivity contribution in [3.63, 3.8) is 0 Å². The van der Waals surface area contributed by atoms with Crippen molar-refractivity contribution in [2.24, 2.45) is 7.05 Å². The number of benzene rings is 2. The fourth-order valence-electron chi connectivity index (χ4n) is 2.92. The van der Waals surface area contributed by atoms with Gasteiger partial charge in [0.2, 0.25) is 5.88 Å². The molecule has 0 radical (unpaired) electrons. The van der Waals surface area contributed by atoms with Gasteiger partial charge in [0, 0.05) is 30.6 Å². The van der Waals surface area contributed by atoms with E-state index in [1.807, 2.05) is 0 Å². The molecule has 2 N–H and O–H groups in total. The third kappa shape index (κ3) is 5.41. The predicted molar refractivity (Wildman–Crippen MR) is 118 cm³/mol. The Morgan fingerprint density at radius 3 is 2.47 bits per heavy atom. The lowest BCUT2D eigenvalue weighted by Crippen LogP contribution is -2.20. The van der Waals surface area contributed by atoms with Gasteiger partial charge in [0.25, 0.3) is 0 Å². The summed E-state index contributed by atoms with van der Waals surface area (Å²) in [6.45, 7) is 0. The molecule has 9 nitrogen and oxygen atoms in total. The standard InChI is InChI=1S/C21H15ClF3N7O2/c1-32-19(28-11-29-32)17-9-18(27-10-26-17)34-14-4-2-3-12(7-14)30-20(33)31-13-5-6-16(22)15(8-13)21(23,24)25/h2-11H,1H3,(H2,30,31,33). The van der Waals surface area contributed by atoms with Crippen LogP contribution in [0.4, 0.5) is 29.3 Å². The summed E-state index contributed by atoms with van der Waals surface area (Å²) in [5.41, 5.74) is -0.283. The molecule has 2 aromatic carbocycles. The first-order chi connectivity index (χ1) is 16.2. The van der Waals surface area contributed by atoms with Gasteiger partial charge in [-0.2, -0.15) is 18.3 Å². The number of ether oxygens (including phenoxy) is 1. The number of anilines is 2. The topological polar surface area (TPSA) is 107 Å². The summed E-state index contributed by atoms with van der Waals surface area (Å²) in [7, 11) is 1.72. The highest BCUT2D eigenvalue weighted by molar-refractivity contribution is 6.31. The lowest BCUT2D eigenvalue weighted by Gasteiger charge is -2.13. The van der Waals surface area contributed by atoms with E-state index in [4.69, 9.17) is 16.3 Å². The number of hydrogen-bond donors (Lipinski definition) is 2. The fourth-order valence-corrected chi connectivity index (χ4v) is 3.14. The van der Waals surface area contributed by atoms with Crippen molar-refractivity contribution >= 4 is 29.0 Å². The molecule has 2 aromatic heterocycles. The summed E-state index contributed by atoms with van der Waals surface area (Å²) in [6, 6.07) is 10.3. The highest BCUT2D eigenvalue weighted by atomic mass is 35.5. The van der Waals surface area contributed by atoms with Crippen LogP contribution in [-0.2, 0) is 13.2 Å². The summed E-state index contributed by atoms with van der Waals surface area (Å²) < 4.78 is 46.3. The maximum Gasteiger partial charge on any atom is 0.417 e. The monoisotopic (exact) mass is 489 g/mol. The average Bonchev–Trinajstić information content (AvgIpc) is 3.20. The van der Waals surface area contributed by atoms with Crippen LogP contribution < -0.4 is 15.4 Å². The molecule has 0 aliphatic rings. The van der Waals surface area contributed by atoms with Crippen molar-refractivity contribution in [3.8, 4) is 23.1 Å². The zero-order valence-corrected chi connectivity index (χ0v) is 18.1. The zero-order chi connectivity index (χ0) is 24.3. The predicted octanol–water partition coefficient (Wildman–Crippen LogP) is 5.38. The van der Waals surface area contributed by atoms with Gasteiger partial charge in [0.15, 0.2) is 5.82 Å². The van der Waals surface area contributed by atoms with Crippen LogP contribution in [0.5, 0.6) is 11.6 Å². The Bertz CT molecular complexity index is 1340. The third-order valence-electron chi connectivity index (χ3n) is 4.43. The van der Waals surface area contributed by atoms with E-state index in [0.29, 0.717) is 23.0 Å². The molecule has 0 saturated heterocycles. The molecule has 174 valence electrons. The molecule has 2 amide bonds. The van der Waals surface area contributed by atoms with Gasteiger partial charge in [-0.25, -0.2) is 24.4 Å². The first-order valence-corrected chi connectivity index (χ1v) is 9.96. The summed E-state index contributed by atoms with van der Waals surface area (Å²) in [6.07, 6.45) is -1.94.